The van der Waals surface area contributed by atoms with Gasteiger partial charge in [0.05, 0.1) is 12.6 Å². The Bertz CT molecular complexity index is 583. The summed E-state index contributed by atoms with van der Waals surface area (Å²) in [5.74, 6) is -0.0971. The van der Waals surface area contributed by atoms with Crippen LogP contribution in [-0.4, -0.2) is 67.4 Å². The molecule has 2 rings (SSSR count). The standard InChI is InChI=1S/C16H22Cl2N4O2/c1-11(16(24)20-14-8-12(17)7-13(18)9-14)22-5-3-21(4-6-22)10-15(23)19-2/h7-9,11H,3-6,10H2,1-2H3,(H,19,23)(H,20,24)/t11-/m1/s1. The van der Waals surface area contributed by atoms with Crippen LogP contribution in [0.15, 0.2) is 18.2 Å². The zero-order valence-corrected chi connectivity index (χ0v) is 15.3. The monoisotopic (exact) mass is 372 g/mol. The van der Waals surface area contributed by atoms with Crippen LogP contribution in [0.1, 0.15) is 6.92 Å². The molecule has 1 aliphatic rings. The Kier molecular flexibility index (Phi) is 6.86. The maximum Gasteiger partial charge on any atom is 0.241 e. The zero-order chi connectivity index (χ0) is 17.7. The highest BCUT2D eigenvalue weighted by atomic mass is 35.5. The number of likely N-dealkylation sites (N-methyl/N-ethyl adjacent to an activating group) is 1. The number of anilines is 1. The van der Waals surface area contributed by atoms with Crippen molar-refractivity contribution in [3.63, 3.8) is 0 Å². The summed E-state index contributed by atoms with van der Waals surface area (Å²) in [5.41, 5.74) is 0.586. The van der Waals surface area contributed by atoms with Gasteiger partial charge in [-0.25, -0.2) is 0 Å². The average molecular weight is 373 g/mol. The summed E-state index contributed by atoms with van der Waals surface area (Å²) in [6, 6.07) is 4.68. The van der Waals surface area contributed by atoms with E-state index in [1.165, 1.54) is 0 Å². The number of benzene rings is 1. The van der Waals surface area contributed by atoms with Gasteiger partial charge in [-0.2, -0.15) is 0 Å². The van der Waals surface area contributed by atoms with E-state index < -0.39 is 0 Å². The van der Waals surface area contributed by atoms with Gasteiger partial charge >= 0.3 is 0 Å². The molecule has 1 atom stereocenters. The smallest absolute Gasteiger partial charge is 0.241 e. The highest BCUT2D eigenvalue weighted by molar-refractivity contribution is 6.35. The van der Waals surface area contributed by atoms with Crippen LogP contribution in [0, 0.1) is 0 Å². The van der Waals surface area contributed by atoms with Crippen LogP contribution < -0.4 is 10.6 Å². The van der Waals surface area contributed by atoms with E-state index in [1.54, 1.807) is 25.2 Å². The lowest BCUT2D eigenvalue weighted by Gasteiger charge is -2.37. The Morgan fingerprint density at radius 2 is 1.71 bits per heavy atom. The van der Waals surface area contributed by atoms with E-state index in [0.717, 1.165) is 26.2 Å². The fourth-order valence-electron chi connectivity index (χ4n) is 2.63. The third-order valence-electron chi connectivity index (χ3n) is 4.11. The second-order valence-corrected chi connectivity index (χ2v) is 6.68. The van der Waals surface area contributed by atoms with Crippen LogP contribution in [0.3, 0.4) is 0 Å². The average Bonchev–Trinajstić information content (AvgIpc) is 2.53. The lowest BCUT2D eigenvalue weighted by atomic mass is 10.2. The fraction of sp³-hybridized carbons (Fsp3) is 0.500. The summed E-state index contributed by atoms with van der Waals surface area (Å²) in [4.78, 5) is 28.0. The Labute approximate surface area is 152 Å². The van der Waals surface area contributed by atoms with E-state index in [2.05, 4.69) is 20.4 Å². The maximum atomic E-state index is 12.4. The predicted molar refractivity (Wildman–Crippen MR) is 96.6 cm³/mol. The summed E-state index contributed by atoms with van der Waals surface area (Å²) >= 11 is 11.9. The molecule has 0 unspecified atom stereocenters. The van der Waals surface area contributed by atoms with Gasteiger partial charge in [-0.15, -0.1) is 0 Å². The normalized spacial score (nSPS) is 17.3. The number of nitrogens with zero attached hydrogens (tertiary/aromatic N) is 2. The molecular formula is C16H22Cl2N4O2. The van der Waals surface area contributed by atoms with Gasteiger partial charge in [0.2, 0.25) is 11.8 Å². The molecule has 1 aromatic rings. The second-order valence-electron chi connectivity index (χ2n) is 5.81. The quantitative estimate of drug-likeness (QED) is 0.825. The molecule has 0 aromatic heterocycles. The molecule has 1 saturated heterocycles. The van der Waals surface area contributed by atoms with Crippen molar-refractivity contribution in [1.82, 2.24) is 15.1 Å². The van der Waals surface area contributed by atoms with Gasteiger partial charge in [0.25, 0.3) is 0 Å². The molecule has 132 valence electrons. The molecule has 24 heavy (non-hydrogen) atoms. The first-order chi connectivity index (χ1) is 11.4. The molecule has 0 aliphatic carbocycles. The van der Waals surface area contributed by atoms with Crippen molar-refractivity contribution >= 4 is 40.7 Å². The molecule has 0 spiro atoms. The van der Waals surface area contributed by atoms with E-state index in [4.69, 9.17) is 23.2 Å². The zero-order valence-electron chi connectivity index (χ0n) is 13.8. The Hall–Kier alpha value is -1.34. The first kappa shape index (κ1) is 19.0. The molecular weight excluding hydrogens is 351 g/mol. The van der Waals surface area contributed by atoms with Gasteiger partial charge in [-0.05, 0) is 25.1 Å². The lowest BCUT2D eigenvalue weighted by molar-refractivity contribution is -0.124. The van der Waals surface area contributed by atoms with E-state index in [1.807, 2.05) is 6.92 Å². The number of rotatable bonds is 5. The van der Waals surface area contributed by atoms with Crippen molar-refractivity contribution in [1.29, 1.82) is 0 Å². The van der Waals surface area contributed by atoms with Crippen LogP contribution in [0.4, 0.5) is 5.69 Å². The van der Waals surface area contributed by atoms with E-state index in [9.17, 15) is 9.59 Å². The van der Waals surface area contributed by atoms with Crippen molar-refractivity contribution in [2.75, 3.05) is 45.1 Å². The van der Waals surface area contributed by atoms with Crippen molar-refractivity contribution in [2.24, 2.45) is 0 Å². The molecule has 8 heteroatoms. The molecule has 0 bridgehead atoms. The third kappa shape index (κ3) is 5.34. The summed E-state index contributed by atoms with van der Waals surface area (Å²) < 4.78 is 0. The number of amides is 2. The minimum Gasteiger partial charge on any atom is -0.358 e. The largest absolute Gasteiger partial charge is 0.358 e. The van der Waals surface area contributed by atoms with Crippen molar-refractivity contribution in [3.05, 3.63) is 28.2 Å². The molecule has 1 fully saturated rings. The number of carbonyl (C=O) groups is 2. The number of carbonyl (C=O) groups excluding carboxylic acids is 2. The van der Waals surface area contributed by atoms with Crippen LogP contribution in [-0.2, 0) is 9.59 Å². The highest BCUT2D eigenvalue weighted by Crippen LogP contribution is 2.22. The second kappa shape index (κ2) is 8.67. The molecule has 0 saturated carbocycles. The lowest BCUT2D eigenvalue weighted by Crippen LogP contribution is -2.54. The van der Waals surface area contributed by atoms with Gasteiger partial charge in [0.1, 0.15) is 0 Å². The van der Waals surface area contributed by atoms with E-state index in [0.29, 0.717) is 22.3 Å². The maximum absolute atomic E-state index is 12.4. The molecule has 1 aliphatic heterocycles. The Balaban J connectivity index is 1.86. The first-order valence-electron chi connectivity index (χ1n) is 7.83. The minimum absolute atomic E-state index is 0.00655. The summed E-state index contributed by atoms with van der Waals surface area (Å²) in [6.07, 6.45) is 0. The fourth-order valence-corrected chi connectivity index (χ4v) is 3.16. The molecule has 1 aromatic carbocycles. The van der Waals surface area contributed by atoms with E-state index >= 15 is 0 Å². The number of hydrogen-bond acceptors (Lipinski definition) is 4. The number of hydrogen-bond donors (Lipinski definition) is 2. The number of piperazine rings is 1. The summed E-state index contributed by atoms with van der Waals surface area (Å²) in [5, 5.41) is 6.43. The van der Waals surface area contributed by atoms with Crippen molar-refractivity contribution < 1.29 is 9.59 Å². The SMILES string of the molecule is CNC(=O)CN1CCN([C@H](C)C(=O)Nc2cc(Cl)cc(Cl)c2)CC1. The topological polar surface area (TPSA) is 64.7 Å². The van der Waals surface area contributed by atoms with Gasteiger partial charge in [-0.3, -0.25) is 19.4 Å². The van der Waals surface area contributed by atoms with Crippen LogP contribution >= 0.6 is 23.2 Å². The number of nitrogens with one attached hydrogen (secondary N) is 2. The molecule has 2 amide bonds. The summed E-state index contributed by atoms with van der Waals surface area (Å²) in [6.45, 7) is 5.26. The Morgan fingerprint density at radius 3 is 2.25 bits per heavy atom. The van der Waals surface area contributed by atoms with Gasteiger partial charge < -0.3 is 10.6 Å². The molecule has 0 radical (unpaired) electrons. The van der Waals surface area contributed by atoms with Gasteiger partial charge in [0, 0.05) is 49.0 Å². The van der Waals surface area contributed by atoms with Crippen molar-refractivity contribution in [3.8, 4) is 0 Å². The predicted octanol–water partition coefficient (Wildman–Crippen LogP) is 1.68. The first-order valence-corrected chi connectivity index (χ1v) is 8.58. The third-order valence-corrected chi connectivity index (χ3v) is 4.55. The Morgan fingerprint density at radius 1 is 1.12 bits per heavy atom. The van der Waals surface area contributed by atoms with E-state index in [-0.39, 0.29) is 17.9 Å². The van der Waals surface area contributed by atoms with Crippen LogP contribution in [0.2, 0.25) is 10.0 Å². The minimum atomic E-state index is -0.273. The molecule has 1 heterocycles. The van der Waals surface area contributed by atoms with Crippen LogP contribution in [0.25, 0.3) is 0 Å². The number of halogens is 2. The van der Waals surface area contributed by atoms with Crippen LogP contribution in [0.5, 0.6) is 0 Å². The van der Waals surface area contributed by atoms with Gasteiger partial charge in [-0.1, -0.05) is 23.2 Å². The summed E-state index contributed by atoms with van der Waals surface area (Å²) in [7, 11) is 1.63. The van der Waals surface area contributed by atoms with Crippen molar-refractivity contribution in [2.45, 2.75) is 13.0 Å². The van der Waals surface area contributed by atoms with Gasteiger partial charge in [0.15, 0.2) is 0 Å². The molecule has 2 N–H and O–H groups in total. The molecule has 6 nitrogen and oxygen atoms in total. The highest BCUT2D eigenvalue weighted by Gasteiger charge is 2.26.